The van der Waals surface area contributed by atoms with Gasteiger partial charge in [-0.15, -0.1) is 0 Å². The van der Waals surface area contributed by atoms with Crippen molar-refractivity contribution in [2.24, 2.45) is 5.92 Å². The van der Waals surface area contributed by atoms with Crippen LogP contribution in [0.2, 0.25) is 0 Å². The molecule has 2 rings (SSSR count). The Morgan fingerprint density at radius 3 is 2.72 bits per heavy atom. The smallest absolute Gasteiger partial charge is 0.222 e. The molecule has 0 bridgehead atoms. The number of hydrogen-bond donors (Lipinski definition) is 0. The third-order valence-electron chi connectivity index (χ3n) is 3.43. The molecule has 1 aromatic carbocycles. The number of piperidine rings is 1. The van der Waals surface area contributed by atoms with Crippen molar-refractivity contribution >= 4 is 5.91 Å². The van der Waals surface area contributed by atoms with Crippen LogP contribution in [0.15, 0.2) is 24.3 Å². The standard InChI is InChI=1S/C16H23NO/c1-13(2)10-14-6-5-7-15(11-14)12-17-9-4-3-8-16(17)18/h5-7,11,13H,3-4,8-10,12H2,1-2H3. The van der Waals surface area contributed by atoms with Crippen LogP contribution >= 0.6 is 0 Å². The molecule has 2 nitrogen and oxygen atoms in total. The van der Waals surface area contributed by atoms with Gasteiger partial charge in [0.2, 0.25) is 5.91 Å². The van der Waals surface area contributed by atoms with E-state index < -0.39 is 0 Å². The maximum absolute atomic E-state index is 11.8. The van der Waals surface area contributed by atoms with Crippen molar-refractivity contribution in [3.05, 3.63) is 35.4 Å². The summed E-state index contributed by atoms with van der Waals surface area (Å²) in [5.74, 6) is 0.993. The number of likely N-dealkylation sites (tertiary alicyclic amines) is 1. The topological polar surface area (TPSA) is 20.3 Å². The number of rotatable bonds is 4. The first-order valence-electron chi connectivity index (χ1n) is 7.01. The normalized spacial score (nSPS) is 16.4. The van der Waals surface area contributed by atoms with E-state index in [4.69, 9.17) is 0 Å². The van der Waals surface area contributed by atoms with E-state index in [-0.39, 0.29) is 0 Å². The van der Waals surface area contributed by atoms with E-state index in [2.05, 4.69) is 38.1 Å². The van der Waals surface area contributed by atoms with Crippen LogP contribution in [0.25, 0.3) is 0 Å². The SMILES string of the molecule is CC(C)Cc1cccc(CN2CCCCC2=O)c1. The molecule has 18 heavy (non-hydrogen) atoms. The number of amides is 1. The summed E-state index contributed by atoms with van der Waals surface area (Å²) in [6.07, 6.45) is 4.05. The highest BCUT2D eigenvalue weighted by Crippen LogP contribution is 2.16. The van der Waals surface area contributed by atoms with Gasteiger partial charge in [0.15, 0.2) is 0 Å². The van der Waals surface area contributed by atoms with Gasteiger partial charge in [-0.05, 0) is 36.3 Å². The highest BCUT2D eigenvalue weighted by Gasteiger charge is 2.17. The van der Waals surface area contributed by atoms with Crippen LogP contribution in [0.1, 0.15) is 44.2 Å². The Morgan fingerprint density at radius 1 is 1.22 bits per heavy atom. The van der Waals surface area contributed by atoms with Crippen LogP contribution < -0.4 is 0 Å². The zero-order chi connectivity index (χ0) is 13.0. The van der Waals surface area contributed by atoms with E-state index in [9.17, 15) is 4.79 Å². The fraction of sp³-hybridized carbons (Fsp3) is 0.562. The van der Waals surface area contributed by atoms with Gasteiger partial charge in [-0.1, -0.05) is 38.1 Å². The second-order valence-electron chi connectivity index (χ2n) is 5.69. The number of nitrogens with zero attached hydrogens (tertiary/aromatic N) is 1. The zero-order valence-electron chi connectivity index (χ0n) is 11.5. The monoisotopic (exact) mass is 245 g/mol. The lowest BCUT2D eigenvalue weighted by atomic mass is 10.0. The second kappa shape index (κ2) is 6.03. The molecule has 0 spiro atoms. The lowest BCUT2D eigenvalue weighted by molar-refractivity contribution is -0.133. The van der Waals surface area contributed by atoms with Crippen LogP contribution in [-0.4, -0.2) is 17.4 Å². The van der Waals surface area contributed by atoms with E-state index in [1.807, 2.05) is 4.90 Å². The lowest BCUT2D eigenvalue weighted by Gasteiger charge is -2.27. The molecule has 0 aliphatic carbocycles. The van der Waals surface area contributed by atoms with Gasteiger partial charge in [0.25, 0.3) is 0 Å². The van der Waals surface area contributed by atoms with Gasteiger partial charge in [-0.25, -0.2) is 0 Å². The summed E-state index contributed by atoms with van der Waals surface area (Å²) < 4.78 is 0. The Bertz CT molecular complexity index is 411. The molecular weight excluding hydrogens is 222 g/mol. The third kappa shape index (κ3) is 3.59. The quantitative estimate of drug-likeness (QED) is 0.796. The Hall–Kier alpha value is -1.31. The predicted octanol–water partition coefficient (Wildman–Crippen LogP) is 3.40. The summed E-state index contributed by atoms with van der Waals surface area (Å²) in [4.78, 5) is 13.8. The molecule has 0 radical (unpaired) electrons. The molecule has 2 heteroatoms. The first-order valence-corrected chi connectivity index (χ1v) is 7.01. The van der Waals surface area contributed by atoms with Crippen LogP contribution in [-0.2, 0) is 17.8 Å². The van der Waals surface area contributed by atoms with E-state index in [0.29, 0.717) is 11.8 Å². The average Bonchev–Trinajstić information content (AvgIpc) is 2.32. The van der Waals surface area contributed by atoms with Crippen molar-refractivity contribution in [1.29, 1.82) is 0 Å². The summed E-state index contributed by atoms with van der Waals surface area (Å²) >= 11 is 0. The minimum atomic E-state index is 0.315. The first-order chi connectivity index (χ1) is 8.65. The van der Waals surface area contributed by atoms with Crippen LogP contribution in [0.4, 0.5) is 0 Å². The molecule has 1 aromatic rings. The molecule has 0 aromatic heterocycles. The van der Waals surface area contributed by atoms with Crippen molar-refractivity contribution in [3.63, 3.8) is 0 Å². The van der Waals surface area contributed by atoms with Crippen LogP contribution in [0.3, 0.4) is 0 Å². The Kier molecular flexibility index (Phi) is 4.40. The molecule has 0 saturated carbocycles. The Balaban J connectivity index is 2.02. The second-order valence-corrected chi connectivity index (χ2v) is 5.69. The maximum Gasteiger partial charge on any atom is 0.222 e. The summed E-state index contributed by atoms with van der Waals surface area (Å²) in [5, 5.41) is 0. The van der Waals surface area contributed by atoms with Crippen molar-refractivity contribution in [2.45, 2.75) is 46.1 Å². The van der Waals surface area contributed by atoms with Gasteiger partial charge in [-0.2, -0.15) is 0 Å². The molecule has 98 valence electrons. The fourth-order valence-corrected chi connectivity index (χ4v) is 2.58. The maximum atomic E-state index is 11.8. The highest BCUT2D eigenvalue weighted by molar-refractivity contribution is 5.76. The largest absolute Gasteiger partial charge is 0.338 e. The summed E-state index contributed by atoms with van der Waals surface area (Å²) in [6, 6.07) is 8.68. The molecule has 0 unspecified atom stereocenters. The van der Waals surface area contributed by atoms with Gasteiger partial charge >= 0.3 is 0 Å². The van der Waals surface area contributed by atoms with Gasteiger partial charge in [0.1, 0.15) is 0 Å². The summed E-state index contributed by atoms with van der Waals surface area (Å²) in [6.45, 7) is 6.18. The van der Waals surface area contributed by atoms with Crippen molar-refractivity contribution in [2.75, 3.05) is 6.54 Å². The third-order valence-corrected chi connectivity index (χ3v) is 3.43. The van der Waals surface area contributed by atoms with Crippen molar-refractivity contribution in [3.8, 4) is 0 Å². The summed E-state index contributed by atoms with van der Waals surface area (Å²) in [5.41, 5.74) is 2.65. The average molecular weight is 245 g/mol. The predicted molar refractivity (Wildman–Crippen MR) is 74.3 cm³/mol. The molecule has 1 heterocycles. The Labute approximate surface area is 110 Å². The first kappa shape index (κ1) is 13.1. The van der Waals surface area contributed by atoms with E-state index in [0.717, 1.165) is 38.8 Å². The number of carbonyl (C=O) groups is 1. The lowest BCUT2D eigenvalue weighted by Crippen LogP contribution is -2.34. The highest BCUT2D eigenvalue weighted by atomic mass is 16.2. The molecule has 1 saturated heterocycles. The molecule has 0 N–H and O–H groups in total. The summed E-state index contributed by atoms with van der Waals surface area (Å²) in [7, 11) is 0. The molecular formula is C16H23NO. The van der Waals surface area contributed by atoms with E-state index in [1.54, 1.807) is 0 Å². The molecule has 1 fully saturated rings. The van der Waals surface area contributed by atoms with E-state index >= 15 is 0 Å². The Morgan fingerprint density at radius 2 is 2.00 bits per heavy atom. The molecule has 0 atom stereocenters. The fourth-order valence-electron chi connectivity index (χ4n) is 2.58. The molecule has 1 aliphatic rings. The number of benzene rings is 1. The van der Waals surface area contributed by atoms with E-state index in [1.165, 1.54) is 11.1 Å². The van der Waals surface area contributed by atoms with Crippen molar-refractivity contribution < 1.29 is 4.79 Å². The minimum absolute atomic E-state index is 0.315. The van der Waals surface area contributed by atoms with Gasteiger partial charge in [0.05, 0.1) is 0 Å². The van der Waals surface area contributed by atoms with Gasteiger partial charge in [-0.3, -0.25) is 4.79 Å². The number of carbonyl (C=O) groups excluding carboxylic acids is 1. The number of hydrogen-bond acceptors (Lipinski definition) is 1. The molecule has 1 amide bonds. The van der Waals surface area contributed by atoms with Crippen LogP contribution in [0.5, 0.6) is 0 Å². The minimum Gasteiger partial charge on any atom is -0.338 e. The van der Waals surface area contributed by atoms with Crippen LogP contribution in [0, 0.1) is 5.92 Å². The van der Waals surface area contributed by atoms with Gasteiger partial charge in [0, 0.05) is 19.5 Å². The molecule has 1 aliphatic heterocycles. The zero-order valence-corrected chi connectivity index (χ0v) is 11.5. The van der Waals surface area contributed by atoms with Gasteiger partial charge < -0.3 is 4.90 Å². The van der Waals surface area contributed by atoms with Crippen molar-refractivity contribution in [1.82, 2.24) is 4.90 Å².